The summed E-state index contributed by atoms with van der Waals surface area (Å²) in [5.74, 6) is -0.148. The van der Waals surface area contributed by atoms with Gasteiger partial charge in [0.05, 0.1) is 5.75 Å². The Morgan fingerprint density at radius 1 is 1.11 bits per heavy atom. The maximum atomic E-state index is 12.3. The third-order valence-electron chi connectivity index (χ3n) is 4.39. The van der Waals surface area contributed by atoms with Crippen LogP contribution in [-0.2, 0) is 26.9 Å². The number of benzene rings is 2. The Morgan fingerprint density at radius 3 is 2.48 bits per heavy atom. The van der Waals surface area contributed by atoms with Crippen LogP contribution < -0.4 is 10.2 Å². The lowest BCUT2D eigenvalue weighted by molar-refractivity contribution is -0.117. The Balaban J connectivity index is 1.61. The van der Waals surface area contributed by atoms with E-state index in [1.54, 1.807) is 29.2 Å². The van der Waals surface area contributed by atoms with Gasteiger partial charge in [0.2, 0.25) is 5.91 Å². The number of amides is 2. The molecule has 1 aliphatic heterocycles. The molecule has 6 nitrogen and oxygen atoms in total. The summed E-state index contributed by atoms with van der Waals surface area (Å²) < 4.78 is 22.6. The van der Waals surface area contributed by atoms with E-state index in [-0.39, 0.29) is 17.6 Å². The number of rotatable bonds is 6. The van der Waals surface area contributed by atoms with Crippen molar-refractivity contribution >= 4 is 27.3 Å². The zero-order valence-corrected chi connectivity index (χ0v) is 16.0. The summed E-state index contributed by atoms with van der Waals surface area (Å²) in [6.07, 6.45) is 2.63. The van der Waals surface area contributed by atoms with Gasteiger partial charge in [-0.25, -0.2) is 8.42 Å². The molecule has 3 rings (SSSR count). The molecule has 0 aromatic heterocycles. The molecule has 27 heavy (non-hydrogen) atoms. The van der Waals surface area contributed by atoms with Crippen molar-refractivity contribution in [1.82, 2.24) is 5.32 Å². The number of anilines is 1. The largest absolute Gasteiger partial charge is 0.348 e. The Kier molecular flexibility index (Phi) is 5.60. The van der Waals surface area contributed by atoms with Gasteiger partial charge in [0.15, 0.2) is 9.84 Å². The lowest BCUT2D eigenvalue weighted by Crippen LogP contribution is -2.25. The minimum atomic E-state index is -3.10. The molecule has 0 saturated carbocycles. The normalized spacial score (nSPS) is 14.4. The molecule has 0 aliphatic carbocycles. The fraction of sp³-hybridized carbons (Fsp3) is 0.300. The van der Waals surface area contributed by atoms with Gasteiger partial charge in [0, 0.05) is 37.0 Å². The van der Waals surface area contributed by atoms with Gasteiger partial charge < -0.3 is 10.2 Å². The highest BCUT2D eigenvalue weighted by atomic mass is 32.2. The van der Waals surface area contributed by atoms with Crippen molar-refractivity contribution in [2.75, 3.05) is 17.7 Å². The van der Waals surface area contributed by atoms with Gasteiger partial charge in [0.25, 0.3) is 5.91 Å². The predicted octanol–water partition coefficient (Wildman–Crippen LogP) is 2.29. The maximum Gasteiger partial charge on any atom is 0.251 e. The monoisotopic (exact) mass is 386 g/mol. The minimum Gasteiger partial charge on any atom is -0.348 e. The predicted molar refractivity (Wildman–Crippen MR) is 104 cm³/mol. The fourth-order valence-corrected chi connectivity index (χ4v) is 3.89. The summed E-state index contributed by atoms with van der Waals surface area (Å²) >= 11 is 0. The average molecular weight is 386 g/mol. The molecule has 1 saturated heterocycles. The smallest absolute Gasteiger partial charge is 0.251 e. The van der Waals surface area contributed by atoms with E-state index < -0.39 is 9.84 Å². The first-order valence-corrected chi connectivity index (χ1v) is 10.8. The van der Waals surface area contributed by atoms with Crippen molar-refractivity contribution in [3.63, 3.8) is 0 Å². The molecule has 0 spiro atoms. The van der Waals surface area contributed by atoms with Gasteiger partial charge in [-0.05, 0) is 41.8 Å². The molecule has 1 N–H and O–H groups in total. The summed E-state index contributed by atoms with van der Waals surface area (Å²) in [6.45, 7) is 1.08. The van der Waals surface area contributed by atoms with Crippen LogP contribution in [-0.4, -0.2) is 33.0 Å². The third kappa shape index (κ3) is 5.17. The van der Waals surface area contributed by atoms with E-state index in [0.29, 0.717) is 24.1 Å². The zero-order chi connectivity index (χ0) is 19.4. The molecule has 0 unspecified atom stereocenters. The highest BCUT2D eigenvalue weighted by molar-refractivity contribution is 7.89. The van der Waals surface area contributed by atoms with E-state index in [1.165, 1.54) is 6.26 Å². The van der Waals surface area contributed by atoms with E-state index in [2.05, 4.69) is 5.32 Å². The van der Waals surface area contributed by atoms with Gasteiger partial charge in [-0.2, -0.15) is 0 Å². The third-order valence-corrected chi connectivity index (χ3v) is 5.25. The number of sulfone groups is 1. The van der Waals surface area contributed by atoms with Crippen LogP contribution in [0.25, 0.3) is 0 Å². The van der Waals surface area contributed by atoms with E-state index in [9.17, 15) is 18.0 Å². The summed E-state index contributed by atoms with van der Waals surface area (Å²) in [6, 6.07) is 14.1. The minimum absolute atomic E-state index is 0.0447. The highest BCUT2D eigenvalue weighted by Gasteiger charge is 2.21. The molecule has 2 amide bonds. The second kappa shape index (κ2) is 7.92. The molecular weight excluding hydrogens is 364 g/mol. The Bertz CT molecular complexity index is 952. The lowest BCUT2D eigenvalue weighted by atomic mass is 10.1. The molecule has 142 valence electrons. The first-order chi connectivity index (χ1) is 12.8. The summed E-state index contributed by atoms with van der Waals surface area (Å²) in [5.41, 5.74) is 2.89. The molecule has 0 bridgehead atoms. The van der Waals surface area contributed by atoms with Crippen LogP contribution in [0.15, 0.2) is 48.5 Å². The fourth-order valence-electron chi connectivity index (χ4n) is 3.09. The van der Waals surface area contributed by atoms with Gasteiger partial charge in [-0.3, -0.25) is 9.59 Å². The van der Waals surface area contributed by atoms with Crippen molar-refractivity contribution in [2.24, 2.45) is 0 Å². The van der Waals surface area contributed by atoms with E-state index in [4.69, 9.17) is 0 Å². The molecule has 0 atom stereocenters. The van der Waals surface area contributed by atoms with Gasteiger partial charge in [-0.1, -0.05) is 24.3 Å². The van der Waals surface area contributed by atoms with Crippen molar-refractivity contribution in [3.05, 3.63) is 65.2 Å². The van der Waals surface area contributed by atoms with Crippen LogP contribution in [0.4, 0.5) is 5.69 Å². The topological polar surface area (TPSA) is 83.6 Å². The lowest BCUT2D eigenvalue weighted by Gasteiger charge is -2.16. The van der Waals surface area contributed by atoms with E-state index >= 15 is 0 Å². The highest BCUT2D eigenvalue weighted by Crippen LogP contribution is 2.22. The van der Waals surface area contributed by atoms with Gasteiger partial charge in [0.1, 0.15) is 0 Å². The molecule has 0 radical (unpaired) electrons. The number of carbonyl (C=O) groups excluding carboxylic acids is 2. The van der Waals surface area contributed by atoms with Crippen LogP contribution in [0.3, 0.4) is 0 Å². The van der Waals surface area contributed by atoms with Crippen LogP contribution in [0.1, 0.15) is 34.3 Å². The summed E-state index contributed by atoms with van der Waals surface area (Å²) in [5, 5.41) is 2.85. The van der Waals surface area contributed by atoms with E-state index in [1.807, 2.05) is 24.3 Å². The zero-order valence-electron chi connectivity index (χ0n) is 15.1. The number of nitrogens with one attached hydrogen (secondary N) is 1. The summed E-state index contributed by atoms with van der Waals surface area (Å²) in [7, 11) is -3.10. The first kappa shape index (κ1) is 19.1. The van der Waals surface area contributed by atoms with Crippen molar-refractivity contribution < 1.29 is 18.0 Å². The number of carbonyl (C=O) groups is 2. The Morgan fingerprint density at radius 2 is 1.85 bits per heavy atom. The Labute approximate surface area is 159 Å². The SMILES string of the molecule is CS(=O)(=O)Cc1ccc(C(=O)NCc2cccc(N3CCCC3=O)c2)cc1. The van der Waals surface area contributed by atoms with Crippen molar-refractivity contribution in [1.29, 1.82) is 0 Å². The van der Waals surface area contributed by atoms with Crippen molar-refractivity contribution in [3.8, 4) is 0 Å². The molecule has 1 aliphatic rings. The van der Waals surface area contributed by atoms with E-state index in [0.717, 1.165) is 24.2 Å². The molecular formula is C20H22N2O4S. The summed E-state index contributed by atoms with van der Waals surface area (Å²) in [4.78, 5) is 26.0. The van der Waals surface area contributed by atoms with Gasteiger partial charge in [-0.15, -0.1) is 0 Å². The quantitative estimate of drug-likeness (QED) is 0.826. The number of hydrogen-bond acceptors (Lipinski definition) is 4. The van der Waals surface area contributed by atoms with Crippen LogP contribution in [0.5, 0.6) is 0 Å². The van der Waals surface area contributed by atoms with Gasteiger partial charge >= 0.3 is 0 Å². The average Bonchev–Trinajstić information content (AvgIpc) is 3.05. The molecule has 7 heteroatoms. The van der Waals surface area contributed by atoms with Crippen molar-refractivity contribution in [2.45, 2.75) is 25.1 Å². The maximum absolute atomic E-state index is 12.3. The molecule has 1 fully saturated rings. The van der Waals surface area contributed by atoms with Crippen LogP contribution in [0.2, 0.25) is 0 Å². The number of hydrogen-bond donors (Lipinski definition) is 1. The first-order valence-electron chi connectivity index (χ1n) is 8.76. The van der Waals surface area contributed by atoms with Crippen LogP contribution >= 0.6 is 0 Å². The second-order valence-electron chi connectivity index (χ2n) is 6.77. The Hall–Kier alpha value is -2.67. The van der Waals surface area contributed by atoms with Crippen LogP contribution in [0, 0.1) is 0 Å². The molecule has 2 aromatic carbocycles. The second-order valence-corrected chi connectivity index (χ2v) is 8.91. The standard InChI is InChI=1S/C20H22N2O4S/c1-27(25,26)14-15-7-9-17(10-8-15)20(24)21-13-16-4-2-5-18(12-16)22-11-3-6-19(22)23/h2,4-5,7-10,12H,3,6,11,13-14H2,1H3,(H,21,24). The molecule has 1 heterocycles. The number of nitrogens with zero attached hydrogens (tertiary/aromatic N) is 1. The molecule has 2 aromatic rings.